The summed E-state index contributed by atoms with van der Waals surface area (Å²) in [5, 5.41) is 17.6. The zero-order valence-corrected chi connectivity index (χ0v) is 19.0. The molecule has 4 rings (SSSR count). The van der Waals surface area contributed by atoms with Crippen molar-refractivity contribution in [1.82, 2.24) is 9.97 Å². The number of nitrogens with zero attached hydrogens (tertiary/aromatic N) is 1. The van der Waals surface area contributed by atoms with Gasteiger partial charge in [0.05, 0.1) is 17.0 Å². The summed E-state index contributed by atoms with van der Waals surface area (Å²) in [6, 6.07) is 12.4. The number of nitrogens with one attached hydrogen (secondary N) is 1. The molecule has 38 heavy (non-hydrogen) atoms. The minimum Gasteiger partial charge on any atom is -0.478 e. The maximum Gasteiger partial charge on any atom is 0.328 e. The Morgan fingerprint density at radius 1 is 0.658 bits per heavy atom. The van der Waals surface area contributed by atoms with E-state index in [9.17, 15) is 31.5 Å². The second kappa shape index (κ2) is 10.5. The summed E-state index contributed by atoms with van der Waals surface area (Å²) in [5.41, 5.74) is 0.863. The molecule has 4 aromatic rings. The Morgan fingerprint density at radius 2 is 1.08 bits per heavy atom. The van der Waals surface area contributed by atoms with Crippen LogP contribution in [0.4, 0.5) is 22.0 Å². The van der Waals surface area contributed by atoms with Gasteiger partial charge in [0.1, 0.15) is 5.82 Å². The molecule has 0 spiro atoms. The number of aromatic amines is 1. The van der Waals surface area contributed by atoms with Crippen molar-refractivity contribution in [3.63, 3.8) is 0 Å². The first kappa shape index (κ1) is 26.0. The molecule has 0 saturated carbocycles. The maximum atomic E-state index is 14.5. The molecule has 0 amide bonds. The number of aliphatic carboxylic acids is 2. The highest BCUT2D eigenvalue weighted by atomic mass is 19.2. The average molecular weight is 526 g/mol. The van der Waals surface area contributed by atoms with E-state index in [0.717, 1.165) is 12.2 Å². The second-order valence-corrected chi connectivity index (χ2v) is 7.84. The van der Waals surface area contributed by atoms with E-state index >= 15 is 0 Å². The van der Waals surface area contributed by atoms with Crippen molar-refractivity contribution in [3.8, 4) is 33.9 Å². The molecule has 0 fully saturated rings. The van der Waals surface area contributed by atoms with E-state index in [4.69, 9.17) is 10.2 Å². The third kappa shape index (κ3) is 5.21. The number of H-pyrrole nitrogens is 1. The summed E-state index contributed by atoms with van der Waals surface area (Å²) in [7, 11) is 0. The van der Waals surface area contributed by atoms with Crippen LogP contribution in [-0.2, 0) is 9.59 Å². The average Bonchev–Trinajstić information content (AvgIpc) is 3.34. The molecule has 0 unspecified atom stereocenters. The topological polar surface area (TPSA) is 103 Å². The molecular formula is C27H15F5N2O4. The Labute approximate surface area is 211 Å². The highest BCUT2D eigenvalue weighted by Crippen LogP contribution is 2.36. The van der Waals surface area contributed by atoms with E-state index < -0.39 is 52.4 Å². The lowest BCUT2D eigenvalue weighted by atomic mass is 10.0. The van der Waals surface area contributed by atoms with Gasteiger partial charge in [0.2, 0.25) is 5.82 Å². The smallest absolute Gasteiger partial charge is 0.328 e. The van der Waals surface area contributed by atoms with Crippen LogP contribution in [0.5, 0.6) is 0 Å². The van der Waals surface area contributed by atoms with Gasteiger partial charge in [0.15, 0.2) is 23.3 Å². The number of hydrogen-bond acceptors (Lipinski definition) is 3. The van der Waals surface area contributed by atoms with Crippen LogP contribution in [-0.4, -0.2) is 32.1 Å². The molecular weight excluding hydrogens is 511 g/mol. The van der Waals surface area contributed by atoms with Gasteiger partial charge in [-0.2, -0.15) is 0 Å². The van der Waals surface area contributed by atoms with Gasteiger partial charge in [0, 0.05) is 23.3 Å². The fourth-order valence-corrected chi connectivity index (χ4v) is 3.57. The van der Waals surface area contributed by atoms with Crippen molar-refractivity contribution < 1.29 is 41.8 Å². The molecule has 0 aliphatic carbocycles. The Kier molecular flexibility index (Phi) is 7.19. The van der Waals surface area contributed by atoms with Crippen LogP contribution in [0, 0.1) is 29.1 Å². The van der Waals surface area contributed by atoms with Crippen molar-refractivity contribution in [2.45, 2.75) is 0 Å². The van der Waals surface area contributed by atoms with Crippen molar-refractivity contribution in [2.24, 2.45) is 0 Å². The summed E-state index contributed by atoms with van der Waals surface area (Å²) in [5.74, 6) is -13.6. The van der Waals surface area contributed by atoms with Crippen LogP contribution in [0.2, 0.25) is 0 Å². The first-order valence-corrected chi connectivity index (χ1v) is 10.7. The van der Waals surface area contributed by atoms with Crippen LogP contribution in [0.25, 0.3) is 46.1 Å². The minimum absolute atomic E-state index is 0.103. The minimum atomic E-state index is -2.30. The molecule has 0 radical (unpaired) electrons. The van der Waals surface area contributed by atoms with Gasteiger partial charge >= 0.3 is 11.9 Å². The first-order valence-electron chi connectivity index (χ1n) is 10.7. The normalized spacial score (nSPS) is 11.5. The monoisotopic (exact) mass is 526 g/mol. The molecule has 3 aromatic carbocycles. The van der Waals surface area contributed by atoms with Crippen LogP contribution in [0.15, 0.2) is 60.7 Å². The Bertz CT molecular complexity index is 1490. The predicted octanol–water partition coefficient (Wildman–Crippen LogP) is 6.30. The van der Waals surface area contributed by atoms with Crippen molar-refractivity contribution >= 4 is 24.1 Å². The number of carbonyl (C=O) groups is 2. The van der Waals surface area contributed by atoms with E-state index in [1.807, 2.05) is 0 Å². The zero-order valence-electron chi connectivity index (χ0n) is 19.0. The lowest BCUT2D eigenvalue weighted by Crippen LogP contribution is -2.04. The molecule has 3 N–H and O–H groups in total. The van der Waals surface area contributed by atoms with Crippen molar-refractivity contribution in [3.05, 3.63) is 101 Å². The van der Waals surface area contributed by atoms with E-state index in [0.29, 0.717) is 22.3 Å². The Hall–Kier alpha value is -5.06. The number of hydrogen-bond donors (Lipinski definition) is 3. The Morgan fingerprint density at radius 3 is 1.53 bits per heavy atom. The quantitative estimate of drug-likeness (QED) is 0.114. The number of halogens is 5. The third-order valence-electron chi connectivity index (χ3n) is 5.37. The molecule has 6 nitrogen and oxygen atoms in total. The van der Waals surface area contributed by atoms with Gasteiger partial charge in [-0.05, 0) is 23.3 Å². The highest BCUT2D eigenvalue weighted by molar-refractivity contribution is 5.87. The molecule has 1 aromatic heterocycles. The third-order valence-corrected chi connectivity index (χ3v) is 5.37. The zero-order chi connectivity index (χ0) is 27.6. The van der Waals surface area contributed by atoms with Gasteiger partial charge in [-0.3, -0.25) is 0 Å². The predicted molar refractivity (Wildman–Crippen MR) is 128 cm³/mol. The lowest BCUT2D eigenvalue weighted by Gasteiger charge is -2.05. The van der Waals surface area contributed by atoms with Crippen molar-refractivity contribution in [2.75, 3.05) is 0 Å². The van der Waals surface area contributed by atoms with Gasteiger partial charge in [-0.25, -0.2) is 36.5 Å². The molecule has 192 valence electrons. The molecule has 0 atom stereocenters. The Balaban J connectivity index is 1.88. The summed E-state index contributed by atoms with van der Waals surface area (Å²) in [6.45, 7) is 0. The van der Waals surface area contributed by atoms with E-state index in [1.165, 1.54) is 24.3 Å². The van der Waals surface area contributed by atoms with Crippen molar-refractivity contribution in [1.29, 1.82) is 0 Å². The maximum absolute atomic E-state index is 14.5. The summed E-state index contributed by atoms with van der Waals surface area (Å²) in [6.07, 6.45) is 4.53. The highest BCUT2D eigenvalue weighted by Gasteiger charge is 2.29. The van der Waals surface area contributed by atoms with Crippen LogP contribution < -0.4 is 0 Å². The molecule has 11 heteroatoms. The fourth-order valence-electron chi connectivity index (χ4n) is 3.57. The van der Waals surface area contributed by atoms with Crippen LogP contribution in [0.3, 0.4) is 0 Å². The molecule has 0 bridgehead atoms. The fraction of sp³-hybridized carbons (Fsp3) is 0. The largest absolute Gasteiger partial charge is 0.478 e. The molecule has 0 saturated heterocycles. The number of benzene rings is 3. The lowest BCUT2D eigenvalue weighted by molar-refractivity contribution is -0.132. The number of rotatable bonds is 7. The standard InChI is InChI=1S/C27H15F5N2O4/c28-20-19(21(29)23(31)24(32)22(20)30)27-33-25(15-7-1-13(2-8-15)5-11-17(35)36)26(34-27)16-9-3-14(4-10-16)6-12-18(37)38/h1-12H,(H,33,34)(H,35,36)(H,37,38)/b11-5+,12-6+. The second-order valence-electron chi connectivity index (χ2n) is 7.84. The molecule has 0 aliphatic rings. The number of carboxylic acid groups (broad SMARTS) is 2. The first-order chi connectivity index (χ1) is 18.1. The van der Waals surface area contributed by atoms with Crippen LogP contribution >= 0.6 is 0 Å². The van der Waals surface area contributed by atoms with Gasteiger partial charge in [-0.15, -0.1) is 0 Å². The van der Waals surface area contributed by atoms with E-state index in [1.54, 1.807) is 36.4 Å². The summed E-state index contributed by atoms with van der Waals surface area (Å²) in [4.78, 5) is 28.3. The van der Waals surface area contributed by atoms with Gasteiger partial charge in [-0.1, -0.05) is 48.5 Å². The van der Waals surface area contributed by atoms with E-state index in [-0.39, 0.29) is 11.4 Å². The van der Waals surface area contributed by atoms with E-state index in [2.05, 4.69) is 9.97 Å². The summed E-state index contributed by atoms with van der Waals surface area (Å²) >= 11 is 0. The number of imidazole rings is 1. The van der Waals surface area contributed by atoms with Crippen LogP contribution in [0.1, 0.15) is 11.1 Å². The van der Waals surface area contributed by atoms with Gasteiger partial charge in [0.25, 0.3) is 0 Å². The number of carboxylic acids is 2. The molecule has 0 aliphatic heterocycles. The van der Waals surface area contributed by atoms with Gasteiger partial charge < -0.3 is 15.2 Å². The summed E-state index contributed by atoms with van der Waals surface area (Å²) < 4.78 is 70.5. The molecule has 1 heterocycles. The SMILES string of the molecule is O=C(O)/C=C/c1ccc(-c2nc(-c3c(F)c(F)c(F)c(F)c3F)[nH]c2-c2ccc(/C=C/C(=O)O)cc2)cc1. The number of aromatic nitrogens is 2.